The molecule has 0 saturated carbocycles. The van der Waals surface area contributed by atoms with E-state index in [1.54, 1.807) is 30.5 Å². The van der Waals surface area contributed by atoms with Crippen LogP contribution in [0.4, 0.5) is 5.69 Å². The number of amides is 1. The van der Waals surface area contributed by atoms with Gasteiger partial charge in [-0.3, -0.25) is 14.5 Å². The number of carbonyl (C=O) groups is 1. The lowest BCUT2D eigenvalue weighted by molar-refractivity contribution is 0.0994. The normalized spacial score (nSPS) is 12.9. The van der Waals surface area contributed by atoms with E-state index in [4.69, 9.17) is 10.9 Å². The average Bonchev–Trinajstić information content (AvgIpc) is 3.60. The van der Waals surface area contributed by atoms with Gasteiger partial charge in [0.2, 0.25) is 10.0 Å². The standard InChI is InChI=1S/C27H22N6O5S3/c28-27(34)25-20-11-5-16-4-6-17(32-41(37,38)24-13-12-23(39-24)22-3-1-2-14-30-22)15-21(16)26(20)33(31-25)18-7-9-19(10-8-18)40(29,35)36/h1-4,6-10,12-15,32H,5,11H2,(H2,28,34)(H2,29,35,36). The molecular weight excluding hydrogens is 585 g/mol. The number of hydrogen-bond donors (Lipinski definition) is 3. The smallest absolute Gasteiger partial charge is 0.271 e. The third-order valence-electron chi connectivity index (χ3n) is 6.65. The molecule has 208 valence electrons. The van der Waals surface area contributed by atoms with Crippen LogP contribution in [-0.4, -0.2) is 37.5 Å². The number of hydrogen-bond acceptors (Lipinski definition) is 8. The van der Waals surface area contributed by atoms with Crippen LogP contribution in [-0.2, 0) is 32.9 Å². The largest absolute Gasteiger partial charge is 0.364 e. The summed E-state index contributed by atoms with van der Waals surface area (Å²) < 4.78 is 54.4. The summed E-state index contributed by atoms with van der Waals surface area (Å²) in [4.78, 5) is 17.2. The molecule has 0 radical (unpaired) electrons. The van der Waals surface area contributed by atoms with Crippen LogP contribution < -0.4 is 15.6 Å². The number of sulfonamides is 2. The Bertz CT molecular complexity index is 2030. The average molecular weight is 607 g/mol. The van der Waals surface area contributed by atoms with Crippen molar-refractivity contribution in [2.75, 3.05) is 4.72 Å². The Morgan fingerprint density at radius 1 is 0.951 bits per heavy atom. The van der Waals surface area contributed by atoms with E-state index in [1.807, 2.05) is 18.2 Å². The molecule has 1 aliphatic carbocycles. The number of thiophene rings is 1. The van der Waals surface area contributed by atoms with E-state index in [-0.39, 0.29) is 14.8 Å². The van der Waals surface area contributed by atoms with E-state index in [0.29, 0.717) is 46.7 Å². The van der Waals surface area contributed by atoms with Crippen LogP contribution in [0.5, 0.6) is 0 Å². The number of primary sulfonamides is 1. The number of primary amides is 1. The van der Waals surface area contributed by atoms with E-state index in [0.717, 1.165) is 21.8 Å². The van der Waals surface area contributed by atoms with Gasteiger partial charge in [0.05, 0.1) is 26.8 Å². The highest BCUT2D eigenvalue weighted by atomic mass is 32.2. The third-order valence-corrected chi connectivity index (χ3v) is 10.6. The number of carbonyl (C=O) groups excluding carboxylic acids is 1. The van der Waals surface area contributed by atoms with Crippen LogP contribution in [0.15, 0.2) is 88.1 Å². The number of nitrogens with two attached hydrogens (primary N) is 2. The highest BCUT2D eigenvalue weighted by Crippen LogP contribution is 2.39. The molecule has 0 bridgehead atoms. The molecule has 0 atom stereocenters. The molecule has 0 saturated heterocycles. The number of fused-ring (bicyclic) bond motifs is 3. The van der Waals surface area contributed by atoms with Crippen molar-refractivity contribution in [1.29, 1.82) is 0 Å². The Morgan fingerprint density at radius 3 is 2.41 bits per heavy atom. The predicted molar refractivity (Wildman–Crippen MR) is 155 cm³/mol. The van der Waals surface area contributed by atoms with Crippen molar-refractivity contribution < 1.29 is 21.6 Å². The van der Waals surface area contributed by atoms with Gasteiger partial charge in [-0.1, -0.05) is 12.1 Å². The fourth-order valence-corrected chi connectivity index (χ4v) is 7.63. The summed E-state index contributed by atoms with van der Waals surface area (Å²) in [5.74, 6) is -0.706. The topological polar surface area (TPSA) is 180 Å². The second kappa shape index (κ2) is 9.92. The van der Waals surface area contributed by atoms with E-state index < -0.39 is 26.0 Å². The SMILES string of the molecule is NC(=O)c1nn(-c2ccc(S(N)(=O)=O)cc2)c2c1CCc1ccc(NS(=O)(=O)c3ccc(-c4ccccn4)s3)cc1-2. The zero-order valence-corrected chi connectivity index (χ0v) is 23.6. The van der Waals surface area contributed by atoms with Crippen molar-refractivity contribution in [2.45, 2.75) is 21.9 Å². The fraction of sp³-hybridized carbons (Fsp3) is 0.0741. The lowest BCUT2D eigenvalue weighted by Gasteiger charge is -2.20. The molecule has 0 aliphatic heterocycles. The number of anilines is 1. The Labute approximate surface area is 239 Å². The molecule has 5 N–H and O–H groups in total. The molecule has 2 aromatic carbocycles. The van der Waals surface area contributed by atoms with Crippen LogP contribution in [0.25, 0.3) is 27.5 Å². The van der Waals surface area contributed by atoms with Crippen LogP contribution in [0.1, 0.15) is 21.6 Å². The molecule has 41 heavy (non-hydrogen) atoms. The summed E-state index contributed by atoms with van der Waals surface area (Å²) in [6.07, 6.45) is 2.72. The predicted octanol–water partition coefficient (Wildman–Crippen LogP) is 3.31. The van der Waals surface area contributed by atoms with Gasteiger partial charge in [-0.05, 0) is 79.1 Å². The van der Waals surface area contributed by atoms with Gasteiger partial charge in [-0.2, -0.15) is 5.10 Å². The van der Waals surface area contributed by atoms with Crippen LogP contribution in [0, 0.1) is 0 Å². The number of nitrogens with one attached hydrogen (secondary N) is 1. The van der Waals surface area contributed by atoms with Crippen molar-refractivity contribution in [3.63, 3.8) is 0 Å². The van der Waals surface area contributed by atoms with Gasteiger partial charge >= 0.3 is 0 Å². The first-order valence-corrected chi connectivity index (χ1v) is 16.1. The summed E-state index contributed by atoms with van der Waals surface area (Å²) in [7, 11) is -7.83. The quantitative estimate of drug-likeness (QED) is 0.254. The molecule has 5 aromatic rings. The van der Waals surface area contributed by atoms with E-state index in [9.17, 15) is 21.6 Å². The molecule has 11 nitrogen and oxygen atoms in total. The molecule has 14 heteroatoms. The van der Waals surface area contributed by atoms with E-state index in [1.165, 1.54) is 35.0 Å². The molecule has 0 spiro atoms. The zero-order valence-electron chi connectivity index (χ0n) is 21.2. The second-order valence-corrected chi connectivity index (χ2v) is 13.9. The van der Waals surface area contributed by atoms with E-state index in [2.05, 4.69) is 14.8 Å². The highest BCUT2D eigenvalue weighted by molar-refractivity contribution is 7.94. The molecule has 3 aromatic heterocycles. The molecule has 1 aliphatic rings. The summed E-state index contributed by atoms with van der Waals surface area (Å²) in [5, 5.41) is 9.69. The number of aromatic nitrogens is 3. The Kier molecular flexibility index (Phi) is 6.49. The van der Waals surface area contributed by atoms with Gasteiger partial charge in [-0.15, -0.1) is 11.3 Å². The minimum Gasteiger partial charge on any atom is -0.364 e. The Balaban J connectivity index is 1.40. The number of pyridine rings is 1. The zero-order chi connectivity index (χ0) is 28.9. The van der Waals surface area contributed by atoms with Crippen LogP contribution in [0.3, 0.4) is 0 Å². The lowest BCUT2D eigenvalue weighted by Crippen LogP contribution is -2.15. The van der Waals surface area contributed by atoms with Crippen molar-refractivity contribution in [3.05, 3.63) is 95.8 Å². The number of aryl methyl sites for hydroxylation is 1. The minimum absolute atomic E-state index is 0.0747. The summed E-state index contributed by atoms with van der Waals surface area (Å²) in [5.41, 5.74) is 9.99. The molecule has 0 fully saturated rings. The first-order chi connectivity index (χ1) is 19.5. The maximum absolute atomic E-state index is 13.3. The number of nitrogens with zero attached hydrogens (tertiary/aromatic N) is 3. The van der Waals surface area contributed by atoms with Crippen molar-refractivity contribution in [3.8, 4) is 27.5 Å². The van der Waals surface area contributed by atoms with Gasteiger partial charge in [0.15, 0.2) is 5.69 Å². The van der Waals surface area contributed by atoms with Gasteiger partial charge in [0.25, 0.3) is 15.9 Å². The van der Waals surface area contributed by atoms with Gasteiger partial charge in [-0.25, -0.2) is 26.7 Å². The lowest BCUT2D eigenvalue weighted by atomic mass is 9.88. The number of benzene rings is 2. The molecule has 6 rings (SSSR count). The molecule has 0 unspecified atom stereocenters. The maximum Gasteiger partial charge on any atom is 0.271 e. The summed E-state index contributed by atoms with van der Waals surface area (Å²) in [6.45, 7) is 0. The third kappa shape index (κ3) is 5.02. The van der Waals surface area contributed by atoms with Gasteiger partial charge in [0.1, 0.15) is 4.21 Å². The first kappa shape index (κ1) is 26.8. The van der Waals surface area contributed by atoms with Crippen molar-refractivity contribution >= 4 is 43.0 Å². The van der Waals surface area contributed by atoms with Crippen molar-refractivity contribution in [2.24, 2.45) is 10.9 Å². The van der Waals surface area contributed by atoms with E-state index >= 15 is 0 Å². The maximum atomic E-state index is 13.3. The summed E-state index contributed by atoms with van der Waals surface area (Å²) in [6, 6.07) is 19.6. The van der Waals surface area contributed by atoms with Gasteiger partial charge in [0, 0.05) is 23.0 Å². The molecule has 1 amide bonds. The minimum atomic E-state index is -3.92. The molecule has 3 heterocycles. The Morgan fingerprint density at radius 2 is 1.73 bits per heavy atom. The first-order valence-electron chi connectivity index (χ1n) is 12.2. The highest BCUT2D eigenvalue weighted by Gasteiger charge is 2.29. The summed E-state index contributed by atoms with van der Waals surface area (Å²) >= 11 is 1.11. The van der Waals surface area contributed by atoms with Gasteiger partial charge < -0.3 is 5.73 Å². The van der Waals surface area contributed by atoms with Crippen molar-refractivity contribution in [1.82, 2.24) is 14.8 Å². The van der Waals surface area contributed by atoms with Crippen LogP contribution >= 0.6 is 11.3 Å². The number of rotatable bonds is 7. The van der Waals surface area contributed by atoms with Crippen LogP contribution in [0.2, 0.25) is 0 Å². The second-order valence-electron chi connectivity index (χ2n) is 9.30. The fourth-order valence-electron chi connectivity index (χ4n) is 4.78. The monoisotopic (exact) mass is 606 g/mol. The molecular formula is C27H22N6O5S3. The Hall–Kier alpha value is -4.37.